The molecule has 0 radical (unpaired) electrons. The van der Waals surface area contributed by atoms with Gasteiger partial charge < -0.3 is 14.8 Å². The van der Waals surface area contributed by atoms with Crippen molar-refractivity contribution in [1.29, 1.82) is 0 Å². The molecule has 0 unspecified atom stereocenters. The van der Waals surface area contributed by atoms with Gasteiger partial charge in [-0.25, -0.2) is 9.37 Å². The van der Waals surface area contributed by atoms with E-state index >= 15 is 0 Å². The Morgan fingerprint density at radius 3 is 2.54 bits per heavy atom. The Kier molecular flexibility index (Phi) is 6.76. The second-order valence-electron chi connectivity index (χ2n) is 5.18. The van der Waals surface area contributed by atoms with Gasteiger partial charge in [-0.3, -0.25) is 4.79 Å². The number of aromatic nitrogens is 1. The van der Waals surface area contributed by atoms with Crippen molar-refractivity contribution >= 4 is 5.91 Å². The van der Waals surface area contributed by atoms with Crippen LogP contribution < -0.4 is 14.8 Å². The number of carbonyl (C=O) groups excluding carboxylic acids is 1. The lowest BCUT2D eigenvalue weighted by Gasteiger charge is -2.09. The zero-order chi connectivity index (χ0) is 19.0. The van der Waals surface area contributed by atoms with Crippen molar-refractivity contribution in [2.24, 2.45) is 0 Å². The Labute approximate surface area is 146 Å². The van der Waals surface area contributed by atoms with Crippen LogP contribution in [0.3, 0.4) is 0 Å². The molecule has 0 saturated heterocycles. The number of alkyl halides is 3. The summed E-state index contributed by atoms with van der Waals surface area (Å²) in [5.74, 6) is -0.990. The molecule has 1 aromatic heterocycles. The van der Waals surface area contributed by atoms with Crippen LogP contribution in [0.15, 0.2) is 42.6 Å². The minimum absolute atomic E-state index is 0.137. The molecule has 0 bridgehead atoms. The smallest absolute Gasteiger partial charge is 0.422 e. The predicted molar refractivity (Wildman–Crippen MR) is 84.6 cm³/mol. The van der Waals surface area contributed by atoms with Crippen LogP contribution in [0.5, 0.6) is 11.6 Å². The summed E-state index contributed by atoms with van der Waals surface area (Å²) < 4.78 is 59.1. The Balaban J connectivity index is 1.70. The third-order valence-electron chi connectivity index (χ3n) is 3.08. The van der Waals surface area contributed by atoms with E-state index in [0.717, 1.165) is 6.20 Å². The van der Waals surface area contributed by atoms with Crippen LogP contribution in [0.4, 0.5) is 17.6 Å². The second kappa shape index (κ2) is 9.02. The summed E-state index contributed by atoms with van der Waals surface area (Å²) >= 11 is 0. The molecule has 1 aromatic carbocycles. The molecular weight excluding hydrogens is 356 g/mol. The molecule has 1 heterocycles. The fourth-order valence-electron chi connectivity index (χ4n) is 1.88. The summed E-state index contributed by atoms with van der Waals surface area (Å²) in [5, 5.41) is 2.60. The van der Waals surface area contributed by atoms with Gasteiger partial charge in [0.1, 0.15) is 0 Å². The van der Waals surface area contributed by atoms with Crippen LogP contribution in [0.2, 0.25) is 0 Å². The van der Waals surface area contributed by atoms with Crippen molar-refractivity contribution in [3.8, 4) is 11.6 Å². The first-order valence-corrected chi connectivity index (χ1v) is 7.66. The van der Waals surface area contributed by atoms with Crippen LogP contribution in [0.25, 0.3) is 0 Å². The topological polar surface area (TPSA) is 60.5 Å². The lowest BCUT2D eigenvalue weighted by Crippen LogP contribution is -2.25. The molecule has 0 fully saturated rings. The number of carbonyl (C=O) groups is 1. The molecule has 140 valence electrons. The summed E-state index contributed by atoms with van der Waals surface area (Å²) in [6, 6.07) is 8.48. The number of hydrogen-bond donors (Lipinski definition) is 1. The van der Waals surface area contributed by atoms with Gasteiger partial charge in [0.2, 0.25) is 5.88 Å². The summed E-state index contributed by atoms with van der Waals surface area (Å²) in [6.07, 6.45) is -2.89. The van der Waals surface area contributed by atoms with E-state index in [-0.39, 0.29) is 30.3 Å². The van der Waals surface area contributed by atoms with E-state index in [1.165, 1.54) is 24.3 Å². The number of nitrogens with zero attached hydrogens (tertiary/aromatic N) is 1. The van der Waals surface area contributed by atoms with Gasteiger partial charge >= 0.3 is 6.18 Å². The van der Waals surface area contributed by atoms with E-state index in [1.54, 1.807) is 12.1 Å². The first kappa shape index (κ1) is 19.5. The number of nitrogens with one attached hydrogen (secondary N) is 1. The molecule has 1 amide bonds. The molecule has 2 rings (SSSR count). The fraction of sp³-hybridized carbons (Fsp3) is 0.294. The van der Waals surface area contributed by atoms with E-state index in [9.17, 15) is 22.4 Å². The number of para-hydroxylation sites is 1. The van der Waals surface area contributed by atoms with Gasteiger partial charge in [0.05, 0.1) is 12.2 Å². The molecule has 0 saturated carbocycles. The monoisotopic (exact) mass is 372 g/mol. The first-order valence-electron chi connectivity index (χ1n) is 7.66. The SMILES string of the molecule is O=C(NCCCOc1ccccc1F)c1ccc(OCC(F)(F)F)nc1. The van der Waals surface area contributed by atoms with E-state index in [2.05, 4.69) is 15.0 Å². The molecule has 0 atom stereocenters. The summed E-state index contributed by atoms with van der Waals surface area (Å²) in [6.45, 7) is -0.961. The number of hydrogen-bond acceptors (Lipinski definition) is 4. The summed E-state index contributed by atoms with van der Waals surface area (Å²) in [7, 11) is 0. The Morgan fingerprint density at radius 2 is 1.88 bits per heavy atom. The van der Waals surface area contributed by atoms with Crippen molar-refractivity contribution in [3.63, 3.8) is 0 Å². The number of pyridine rings is 1. The highest BCUT2D eigenvalue weighted by molar-refractivity contribution is 5.93. The van der Waals surface area contributed by atoms with Crippen LogP contribution in [-0.2, 0) is 0 Å². The highest BCUT2D eigenvalue weighted by atomic mass is 19.4. The van der Waals surface area contributed by atoms with Gasteiger partial charge in [0, 0.05) is 18.8 Å². The van der Waals surface area contributed by atoms with Crippen LogP contribution in [0.1, 0.15) is 16.8 Å². The number of rotatable bonds is 8. The van der Waals surface area contributed by atoms with Gasteiger partial charge in [0.15, 0.2) is 18.2 Å². The Hall–Kier alpha value is -2.84. The average molecular weight is 372 g/mol. The number of ether oxygens (including phenoxy) is 2. The first-order chi connectivity index (χ1) is 12.3. The quantitative estimate of drug-likeness (QED) is 0.570. The molecule has 0 aliphatic rings. The van der Waals surface area contributed by atoms with Crippen molar-refractivity contribution in [3.05, 3.63) is 54.0 Å². The minimum atomic E-state index is -4.46. The van der Waals surface area contributed by atoms with Gasteiger partial charge in [-0.15, -0.1) is 0 Å². The molecule has 0 spiro atoms. The van der Waals surface area contributed by atoms with Crippen molar-refractivity contribution < 1.29 is 31.8 Å². The maximum Gasteiger partial charge on any atom is 0.422 e. The largest absolute Gasteiger partial charge is 0.490 e. The Morgan fingerprint density at radius 1 is 1.12 bits per heavy atom. The zero-order valence-corrected chi connectivity index (χ0v) is 13.6. The van der Waals surface area contributed by atoms with Gasteiger partial charge in [-0.05, 0) is 24.6 Å². The predicted octanol–water partition coefficient (Wildman–Crippen LogP) is 3.36. The maximum absolute atomic E-state index is 13.3. The third kappa shape index (κ3) is 6.58. The minimum Gasteiger partial charge on any atom is -0.490 e. The van der Waals surface area contributed by atoms with Gasteiger partial charge in [-0.2, -0.15) is 13.2 Å². The molecule has 26 heavy (non-hydrogen) atoms. The van der Waals surface area contributed by atoms with Crippen molar-refractivity contribution in [2.45, 2.75) is 12.6 Å². The van der Waals surface area contributed by atoms with Crippen molar-refractivity contribution in [1.82, 2.24) is 10.3 Å². The molecule has 0 aliphatic carbocycles. The van der Waals surface area contributed by atoms with Crippen LogP contribution in [-0.4, -0.2) is 36.8 Å². The molecule has 1 N–H and O–H groups in total. The third-order valence-corrected chi connectivity index (χ3v) is 3.08. The number of amides is 1. The van der Waals surface area contributed by atoms with E-state index in [4.69, 9.17) is 4.74 Å². The average Bonchev–Trinajstić information content (AvgIpc) is 2.61. The summed E-state index contributed by atoms with van der Waals surface area (Å²) in [4.78, 5) is 15.5. The molecular formula is C17H16F4N2O3. The van der Waals surface area contributed by atoms with E-state index in [0.29, 0.717) is 6.42 Å². The standard InChI is InChI=1S/C17H16F4N2O3/c18-13-4-1-2-5-14(13)25-9-3-8-22-16(24)12-6-7-15(23-10-12)26-11-17(19,20)21/h1-2,4-7,10H,3,8-9,11H2,(H,22,24). The molecule has 9 heteroatoms. The van der Waals surface area contributed by atoms with E-state index < -0.39 is 24.5 Å². The highest BCUT2D eigenvalue weighted by Crippen LogP contribution is 2.17. The van der Waals surface area contributed by atoms with E-state index in [1.807, 2.05) is 0 Å². The number of halogens is 4. The Bertz CT molecular complexity index is 721. The molecule has 5 nitrogen and oxygen atoms in total. The van der Waals surface area contributed by atoms with Crippen LogP contribution >= 0.6 is 0 Å². The summed E-state index contributed by atoms with van der Waals surface area (Å²) in [5.41, 5.74) is 0.180. The van der Waals surface area contributed by atoms with Crippen molar-refractivity contribution in [2.75, 3.05) is 19.8 Å². The van der Waals surface area contributed by atoms with Crippen LogP contribution in [0, 0.1) is 5.82 Å². The molecule has 0 aliphatic heterocycles. The lowest BCUT2D eigenvalue weighted by molar-refractivity contribution is -0.154. The number of benzene rings is 1. The fourth-order valence-corrected chi connectivity index (χ4v) is 1.88. The maximum atomic E-state index is 13.3. The normalized spacial score (nSPS) is 11.1. The molecule has 2 aromatic rings. The zero-order valence-electron chi connectivity index (χ0n) is 13.6. The van der Waals surface area contributed by atoms with Gasteiger partial charge in [0.25, 0.3) is 5.91 Å². The van der Waals surface area contributed by atoms with Gasteiger partial charge in [-0.1, -0.05) is 12.1 Å². The highest BCUT2D eigenvalue weighted by Gasteiger charge is 2.28. The second-order valence-corrected chi connectivity index (χ2v) is 5.18. The lowest BCUT2D eigenvalue weighted by atomic mass is 10.2.